The molecule has 1 heterocycles. The number of hydrogen-bond acceptors (Lipinski definition) is 3. The number of piperidine rings is 1. The quantitative estimate of drug-likeness (QED) is 0.711. The third-order valence-electron chi connectivity index (χ3n) is 3.31. The van der Waals surface area contributed by atoms with E-state index >= 15 is 0 Å². The maximum Gasteiger partial charge on any atom is 0.405 e. The lowest BCUT2D eigenvalue weighted by molar-refractivity contribution is -0.122. The van der Waals surface area contributed by atoms with Crippen molar-refractivity contribution in [2.75, 3.05) is 26.2 Å². The molecule has 0 unspecified atom stereocenters. The van der Waals surface area contributed by atoms with Gasteiger partial charge in [-0.25, -0.2) is 4.79 Å². The van der Waals surface area contributed by atoms with Crippen molar-refractivity contribution in [1.29, 1.82) is 0 Å². The van der Waals surface area contributed by atoms with Crippen LogP contribution >= 0.6 is 0 Å². The highest BCUT2D eigenvalue weighted by Crippen LogP contribution is 2.13. The van der Waals surface area contributed by atoms with Crippen LogP contribution in [0.1, 0.15) is 26.2 Å². The fourth-order valence-electron chi connectivity index (χ4n) is 2.10. The second-order valence-electron chi connectivity index (χ2n) is 5.08. The van der Waals surface area contributed by atoms with Crippen molar-refractivity contribution < 1.29 is 23.1 Å². The molecule has 1 aliphatic heterocycles. The molecule has 5 nitrogen and oxygen atoms in total. The van der Waals surface area contributed by atoms with Gasteiger partial charge >= 0.3 is 12.2 Å². The molecule has 0 aromatic heterocycles. The predicted octanol–water partition coefficient (Wildman–Crippen LogP) is 1.08. The first-order valence-corrected chi connectivity index (χ1v) is 6.81. The summed E-state index contributed by atoms with van der Waals surface area (Å²) in [6.45, 7) is 2.64. The van der Waals surface area contributed by atoms with Crippen LogP contribution in [0.2, 0.25) is 0 Å². The molecule has 1 atom stereocenters. The average Bonchev–Trinajstić information content (AvgIpc) is 2.38. The smallest absolute Gasteiger partial charge is 0.392 e. The van der Waals surface area contributed by atoms with E-state index in [1.54, 1.807) is 5.32 Å². The van der Waals surface area contributed by atoms with Gasteiger partial charge in [-0.1, -0.05) is 6.92 Å². The van der Waals surface area contributed by atoms with Gasteiger partial charge < -0.3 is 20.6 Å². The van der Waals surface area contributed by atoms with Crippen LogP contribution in [0.4, 0.5) is 18.0 Å². The maximum absolute atomic E-state index is 11.9. The van der Waals surface area contributed by atoms with Crippen LogP contribution in [0.25, 0.3) is 0 Å². The fraction of sp³-hybridized carbons (Fsp3) is 0.917. The van der Waals surface area contributed by atoms with Gasteiger partial charge in [0.25, 0.3) is 0 Å². The van der Waals surface area contributed by atoms with Crippen LogP contribution in [-0.2, 0) is 0 Å². The van der Waals surface area contributed by atoms with Gasteiger partial charge in [0, 0.05) is 25.7 Å². The van der Waals surface area contributed by atoms with E-state index in [-0.39, 0.29) is 12.1 Å². The van der Waals surface area contributed by atoms with Crippen LogP contribution in [-0.4, -0.2) is 60.5 Å². The molecule has 1 rings (SSSR count). The molecule has 118 valence electrons. The van der Waals surface area contributed by atoms with Crippen molar-refractivity contribution >= 4 is 6.03 Å². The Morgan fingerprint density at radius 1 is 1.40 bits per heavy atom. The maximum atomic E-state index is 11.9. The highest BCUT2D eigenvalue weighted by molar-refractivity contribution is 5.74. The van der Waals surface area contributed by atoms with E-state index in [9.17, 15) is 23.1 Å². The zero-order chi connectivity index (χ0) is 15.2. The van der Waals surface area contributed by atoms with Crippen LogP contribution in [0, 0.1) is 0 Å². The van der Waals surface area contributed by atoms with Crippen LogP contribution in [0.5, 0.6) is 0 Å². The first-order valence-electron chi connectivity index (χ1n) is 6.81. The average molecular weight is 297 g/mol. The van der Waals surface area contributed by atoms with Gasteiger partial charge in [-0.3, -0.25) is 0 Å². The molecule has 0 aliphatic carbocycles. The molecule has 0 saturated carbocycles. The molecule has 0 aromatic rings. The lowest BCUT2D eigenvalue weighted by atomic mass is 10.0. The van der Waals surface area contributed by atoms with Gasteiger partial charge in [-0.15, -0.1) is 0 Å². The number of likely N-dealkylation sites (tertiary alicyclic amines) is 1. The predicted molar refractivity (Wildman–Crippen MR) is 68.3 cm³/mol. The zero-order valence-corrected chi connectivity index (χ0v) is 11.5. The molecule has 1 aliphatic rings. The third-order valence-corrected chi connectivity index (χ3v) is 3.31. The Kier molecular flexibility index (Phi) is 6.54. The summed E-state index contributed by atoms with van der Waals surface area (Å²) in [6.07, 6.45) is -2.70. The summed E-state index contributed by atoms with van der Waals surface area (Å²) in [5.41, 5.74) is 0. The molecule has 1 fully saturated rings. The molecule has 8 heteroatoms. The minimum absolute atomic E-state index is 0.113. The number of carbonyl (C=O) groups excluding carboxylic acids is 1. The zero-order valence-electron chi connectivity index (χ0n) is 11.5. The van der Waals surface area contributed by atoms with E-state index in [1.807, 2.05) is 6.92 Å². The molecule has 1 saturated heterocycles. The van der Waals surface area contributed by atoms with Crippen molar-refractivity contribution in [3.05, 3.63) is 0 Å². The molecule has 0 spiro atoms. The molecule has 20 heavy (non-hydrogen) atoms. The molecule has 0 radical (unpaired) electrons. The van der Waals surface area contributed by atoms with Crippen molar-refractivity contribution in [1.82, 2.24) is 15.5 Å². The molecular formula is C12H22F3N3O2. The number of hydrogen-bond donors (Lipinski definition) is 3. The Hall–Kier alpha value is -1.02. The normalized spacial score (nSPS) is 19.6. The number of nitrogens with zero attached hydrogens (tertiary/aromatic N) is 1. The fourth-order valence-corrected chi connectivity index (χ4v) is 2.10. The Bertz CT molecular complexity index is 305. The van der Waals surface area contributed by atoms with Crippen molar-refractivity contribution in [2.24, 2.45) is 0 Å². The van der Waals surface area contributed by atoms with Gasteiger partial charge in [0.05, 0.1) is 6.10 Å². The van der Waals surface area contributed by atoms with Gasteiger partial charge in [0.2, 0.25) is 0 Å². The monoisotopic (exact) mass is 297 g/mol. The van der Waals surface area contributed by atoms with Crippen molar-refractivity contribution in [3.8, 4) is 0 Å². The van der Waals surface area contributed by atoms with Crippen molar-refractivity contribution in [3.63, 3.8) is 0 Å². The van der Waals surface area contributed by atoms with Gasteiger partial charge in [0.15, 0.2) is 0 Å². The van der Waals surface area contributed by atoms with Crippen LogP contribution in [0.15, 0.2) is 0 Å². The Morgan fingerprint density at radius 2 is 2.00 bits per heavy atom. The number of β-amino-alcohol motifs (C(OH)–C–C–N with tert-alkyl or cyclic N) is 1. The highest BCUT2D eigenvalue weighted by Gasteiger charge is 2.28. The summed E-state index contributed by atoms with van der Waals surface area (Å²) in [5, 5.41) is 13.9. The summed E-state index contributed by atoms with van der Waals surface area (Å²) in [5.74, 6) is 0. The second-order valence-corrected chi connectivity index (χ2v) is 5.08. The largest absolute Gasteiger partial charge is 0.405 e. The Labute approximate surface area is 116 Å². The lowest BCUT2D eigenvalue weighted by Crippen LogP contribution is -2.50. The minimum atomic E-state index is -4.39. The van der Waals surface area contributed by atoms with Crippen LogP contribution < -0.4 is 10.6 Å². The molecule has 3 N–H and O–H groups in total. The summed E-state index contributed by atoms with van der Waals surface area (Å²) < 4.78 is 35.8. The number of aliphatic hydroxyl groups is 1. The van der Waals surface area contributed by atoms with E-state index in [0.29, 0.717) is 25.8 Å². The van der Waals surface area contributed by atoms with Gasteiger partial charge in [-0.05, 0) is 19.3 Å². The number of carbonyl (C=O) groups is 1. The second kappa shape index (κ2) is 7.68. The molecule has 0 bridgehead atoms. The third kappa shape index (κ3) is 6.95. The van der Waals surface area contributed by atoms with Gasteiger partial charge in [0.1, 0.15) is 6.54 Å². The number of alkyl halides is 3. The van der Waals surface area contributed by atoms with Crippen LogP contribution in [0.3, 0.4) is 0 Å². The Morgan fingerprint density at radius 3 is 2.50 bits per heavy atom. The summed E-state index contributed by atoms with van der Waals surface area (Å²) in [4.78, 5) is 13.4. The topological polar surface area (TPSA) is 64.6 Å². The number of urea groups is 1. The van der Waals surface area contributed by atoms with Crippen molar-refractivity contribution in [2.45, 2.75) is 44.5 Å². The first-order chi connectivity index (χ1) is 9.30. The Balaban J connectivity index is 2.20. The lowest BCUT2D eigenvalue weighted by Gasteiger charge is -2.33. The number of aliphatic hydroxyl groups excluding tert-OH is 1. The highest BCUT2D eigenvalue weighted by atomic mass is 19.4. The number of rotatable bonds is 5. The van der Waals surface area contributed by atoms with E-state index in [1.165, 1.54) is 0 Å². The number of nitrogens with one attached hydrogen (secondary N) is 2. The summed E-state index contributed by atoms with van der Waals surface area (Å²) in [7, 11) is 0. The number of halogens is 3. The SMILES string of the molecule is CC[C@H](O)CN1CCC(NC(=O)NCC(F)(F)F)CC1. The molecule has 0 aromatic carbocycles. The summed E-state index contributed by atoms with van der Waals surface area (Å²) in [6, 6.07) is -0.896. The standard InChI is InChI=1S/C12H22F3N3O2/c1-2-10(19)7-18-5-3-9(4-6-18)17-11(20)16-8-12(13,14)15/h9-10,19H,2-8H2,1H3,(H2,16,17,20)/t10-/m0/s1. The van der Waals surface area contributed by atoms with Gasteiger partial charge in [-0.2, -0.15) is 13.2 Å². The molecular weight excluding hydrogens is 275 g/mol. The van der Waals surface area contributed by atoms with E-state index in [2.05, 4.69) is 10.2 Å². The van der Waals surface area contributed by atoms with E-state index in [4.69, 9.17) is 0 Å². The van der Waals surface area contributed by atoms with E-state index < -0.39 is 18.8 Å². The minimum Gasteiger partial charge on any atom is -0.392 e. The summed E-state index contributed by atoms with van der Waals surface area (Å²) >= 11 is 0. The van der Waals surface area contributed by atoms with E-state index in [0.717, 1.165) is 13.1 Å². The molecule has 2 amide bonds. The number of amides is 2. The first kappa shape index (κ1) is 17.0.